The summed E-state index contributed by atoms with van der Waals surface area (Å²) in [5, 5.41) is 3.40. The lowest BCUT2D eigenvalue weighted by molar-refractivity contribution is -0.122. The molecule has 0 aliphatic carbocycles. The van der Waals surface area contributed by atoms with Crippen molar-refractivity contribution in [1.82, 2.24) is 10.2 Å². The average Bonchev–Trinajstić information content (AvgIpc) is 3.12. The molecule has 2 aliphatic heterocycles. The second-order valence-corrected chi connectivity index (χ2v) is 11.0. The fraction of sp³-hybridized carbons (Fsp3) is 0.206. The van der Waals surface area contributed by atoms with E-state index < -0.39 is 0 Å². The van der Waals surface area contributed by atoms with Gasteiger partial charge in [0.15, 0.2) is 0 Å². The first-order valence-corrected chi connectivity index (χ1v) is 14.4. The minimum absolute atomic E-state index is 0.0882. The molecule has 6 rings (SSSR count). The molecule has 0 saturated carbocycles. The summed E-state index contributed by atoms with van der Waals surface area (Å²) in [6.07, 6.45) is 1.94. The summed E-state index contributed by atoms with van der Waals surface area (Å²) in [5.74, 6) is 1.01. The maximum Gasteiger partial charge on any atom is 0.234 e. The van der Waals surface area contributed by atoms with E-state index in [1.165, 1.54) is 43.9 Å². The van der Waals surface area contributed by atoms with Crippen LogP contribution >= 0.6 is 11.8 Å². The fourth-order valence-electron chi connectivity index (χ4n) is 5.70. The predicted octanol–water partition coefficient (Wildman–Crippen LogP) is 7.10. The number of benzene rings is 4. The number of amides is 1. The summed E-state index contributed by atoms with van der Waals surface area (Å²) in [7, 11) is 0. The van der Waals surface area contributed by atoms with Gasteiger partial charge in [-0.3, -0.25) is 9.69 Å². The number of carbonyl (C=O) groups excluding carboxylic acids is 1. The third kappa shape index (κ3) is 5.33. The zero-order valence-corrected chi connectivity index (χ0v) is 22.3. The number of rotatable bonds is 5. The van der Waals surface area contributed by atoms with Gasteiger partial charge in [0.25, 0.3) is 0 Å². The molecule has 3 nitrogen and oxygen atoms in total. The van der Waals surface area contributed by atoms with Crippen LogP contribution in [-0.4, -0.2) is 30.4 Å². The monoisotopic (exact) mass is 516 g/mol. The van der Waals surface area contributed by atoms with Crippen molar-refractivity contribution in [3.8, 4) is 0 Å². The molecule has 38 heavy (non-hydrogen) atoms. The number of hydrogen-bond acceptors (Lipinski definition) is 3. The molecule has 4 aromatic rings. The molecule has 2 heterocycles. The molecule has 1 saturated heterocycles. The zero-order chi connectivity index (χ0) is 25.7. The smallest absolute Gasteiger partial charge is 0.234 e. The van der Waals surface area contributed by atoms with Crippen molar-refractivity contribution < 1.29 is 4.79 Å². The lowest BCUT2D eigenvalue weighted by Gasteiger charge is -2.30. The van der Waals surface area contributed by atoms with Gasteiger partial charge in [0.1, 0.15) is 0 Å². The summed E-state index contributed by atoms with van der Waals surface area (Å²) in [6, 6.07) is 38.3. The van der Waals surface area contributed by atoms with Crippen LogP contribution in [0.4, 0.5) is 0 Å². The van der Waals surface area contributed by atoms with Gasteiger partial charge >= 0.3 is 0 Å². The average molecular weight is 517 g/mol. The number of nitrogens with zero attached hydrogens (tertiary/aromatic N) is 1. The van der Waals surface area contributed by atoms with Crippen molar-refractivity contribution in [3.63, 3.8) is 0 Å². The number of piperidine rings is 1. The number of nitrogens with one attached hydrogen (secondary N) is 1. The Balaban J connectivity index is 1.18. The Morgan fingerprint density at radius 1 is 0.737 bits per heavy atom. The summed E-state index contributed by atoms with van der Waals surface area (Å²) in [5.41, 5.74) is 9.04. The Hall–Kier alpha value is -3.60. The van der Waals surface area contributed by atoms with Crippen LogP contribution in [0.2, 0.25) is 0 Å². The Kier molecular flexibility index (Phi) is 7.43. The molecule has 1 unspecified atom stereocenters. The number of fused-ring (bicyclic) bond motifs is 2. The third-order valence-electron chi connectivity index (χ3n) is 7.59. The molecular formula is C34H32N2OS. The van der Waals surface area contributed by atoms with Crippen molar-refractivity contribution in [3.05, 3.63) is 143 Å². The summed E-state index contributed by atoms with van der Waals surface area (Å²) < 4.78 is 0. The van der Waals surface area contributed by atoms with E-state index in [-0.39, 0.29) is 11.9 Å². The first kappa shape index (κ1) is 24.7. The van der Waals surface area contributed by atoms with Crippen molar-refractivity contribution in [2.45, 2.75) is 29.5 Å². The maximum atomic E-state index is 13.4. The van der Waals surface area contributed by atoms with E-state index >= 15 is 0 Å². The van der Waals surface area contributed by atoms with Gasteiger partial charge < -0.3 is 5.32 Å². The lowest BCUT2D eigenvalue weighted by atomic mass is 9.88. The zero-order valence-electron chi connectivity index (χ0n) is 21.5. The van der Waals surface area contributed by atoms with Crippen LogP contribution in [0.5, 0.6) is 0 Å². The van der Waals surface area contributed by atoms with Crippen LogP contribution < -0.4 is 5.32 Å². The van der Waals surface area contributed by atoms with Gasteiger partial charge in [-0.05, 0) is 52.3 Å². The van der Waals surface area contributed by atoms with Crippen LogP contribution in [0.3, 0.4) is 0 Å². The Morgan fingerprint density at radius 2 is 1.32 bits per heavy atom. The van der Waals surface area contributed by atoms with Gasteiger partial charge in [0.2, 0.25) is 5.91 Å². The van der Waals surface area contributed by atoms with E-state index in [1.54, 1.807) is 0 Å². The molecule has 4 heteroatoms. The highest BCUT2D eigenvalue weighted by Gasteiger charge is 2.27. The Morgan fingerprint density at radius 3 is 2.00 bits per heavy atom. The van der Waals surface area contributed by atoms with Crippen LogP contribution in [0, 0.1) is 0 Å². The molecule has 1 atom stereocenters. The summed E-state index contributed by atoms with van der Waals surface area (Å²) in [4.78, 5) is 16.9. The van der Waals surface area contributed by atoms with Gasteiger partial charge in [-0.15, -0.1) is 11.8 Å². The van der Waals surface area contributed by atoms with Crippen LogP contribution in [0.1, 0.15) is 46.7 Å². The predicted molar refractivity (Wildman–Crippen MR) is 157 cm³/mol. The topological polar surface area (TPSA) is 32.3 Å². The number of hydrogen-bond donors (Lipinski definition) is 1. The van der Waals surface area contributed by atoms with Gasteiger partial charge in [0, 0.05) is 23.7 Å². The van der Waals surface area contributed by atoms with Gasteiger partial charge in [-0.1, -0.05) is 109 Å². The number of carbonyl (C=O) groups is 1. The van der Waals surface area contributed by atoms with Crippen LogP contribution in [0.15, 0.2) is 120 Å². The highest BCUT2D eigenvalue weighted by molar-refractivity contribution is 7.98. The van der Waals surface area contributed by atoms with Crippen LogP contribution in [-0.2, 0) is 10.5 Å². The molecule has 0 spiro atoms. The maximum absolute atomic E-state index is 13.4. The molecule has 1 amide bonds. The second kappa shape index (κ2) is 11.4. The second-order valence-electron chi connectivity index (χ2n) is 10.0. The first-order valence-electron chi connectivity index (χ1n) is 13.4. The van der Waals surface area contributed by atoms with Gasteiger partial charge in [-0.25, -0.2) is 0 Å². The summed E-state index contributed by atoms with van der Waals surface area (Å²) >= 11 is 1.85. The van der Waals surface area contributed by atoms with Crippen molar-refractivity contribution in [2.75, 3.05) is 19.6 Å². The summed E-state index contributed by atoms with van der Waals surface area (Å²) in [6.45, 7) is 2.20. The normalized spacial score (nSPS) is 17.2. The van der Waals surface area contributed by atoms with Crippen molar-refractivity contribution in [1.29, 1.82) is 0 Å². The minimum atomic E-state index is -0.118. The molecule has 0 aromatic heterocycles. The Bertz CT molecular complexity index is 1350. The first-order chi connectivity index (χ1) is 18.8. The number of thioether (sulfide) groups is 1. The van der Waals surface area contributed by atoms with Crippen LogP contribution in [0.25, 0.3) is 5.57 Å². The van der Waals surface area contributed by atoms with Crippen molar-refractivity contribution >= 4 is 23.2 Å². The molecule has 1 fully saturated rings. The Labute approximate surface area is 229 Å². The highest BCUT2D eigenvalue weighted by atomic mass is 32.2. The van der Waals surface area contributed by atoms with E-state index in [4.69, 9.17) is 0 Å². The molecule has 4 aromatic carbocycles. The molecule has 0 radical (unpaired) electrons. The van der Waals surface area contributed by atoms with Crippen molar-refractivity contribution in [2.24, 2.45) is 0 Å². The molecule has 2 aliphatic rings. The molecule has 190 valence electrons. The standard InChI is InChI=1S/C34H32N2OS/c37-32(35-34-29-16-8-7-15-28(29)24-38-31-18-10-9-17-30(31)34)23-36-21-19-27(20-22-36)33(25-11-3-1-4-12-25)26-13-5-2-6-14-26/h1-18,34H,19-24H2,(H,35,37). The molecule has 0 bridgehead atoms. The largest absolute Gasteiger partial charge is 0.344 e. The third-order valence-corrected chi connectivity index (χ3v) is 8.73. The van der Waals surface area contributed by atoms with E-state index in [1.807, 2.05) is 11.8 Å². The molecular weight excluding hydrogens is 484 g/mol. The minimum Gasteiger partial charge on any atom is -0.344 e. The SMILES string of the molecule is O=C(CN1CCC(=C(c2ccccc2)c2ccccc2)CC1)NC1c2ccccc2CSc2ccccc21. The van der Waals surface area contributed by atoms with E-state index in [0.29, 0.717) is 6.54 Å². The van der Waals surface area contributed by atoms with E-state index in [2.05, 4.69) is 119 Å². The van der Waals surface area contributed by atoms with E-state index in [0.717, 1.165) is 31.7 Å². The lowest BCUT2D eigenvalue weighted by Crippen LogP contribution is -2.41. The fourth-order valence-corrected chi connectivity index (χ4v) is 6.80. The quantitative estimate of drug-likeness (QED) is 0.307. The number of likely N-dealkylation sites (tertiary alicyclic amines) is 1. The van der Waals surface area contributed by atoms with E-state index in [9.17, 15) is 4.79 Å². The van der Waals surface area contributed by atoms with Gasteiger partial charge in [0.05, 0.1) is 12.6 Å². The highest BCUT2D eigenvalue weighted by Crippen LogP contribution is 2.39. The van der Waals surface area contributed by atoms with Gasteiger partial charge in [-0.2, -0.15) is 0 Å². The molecule has 1 N–H and O–H groups in total.